The number of carbonyl (C=O) groups is 2. The summed E-state index contributed by atoms with van der Waals surface area (Å²) in [7, 11) is 0. The Labute approximate surface area is 119 Å². The van der Waals surface area contributed by atoms with Gasteiger partial charge in [-0.2, -0.15) is 11.3 Å². The summed E-state index contributed by atoms with van der Waals surface area (Å²) >= 11 is 1.42. The van der Waals surface area contributed by atoms with Crippen molar-refractivity contribution in [1.82, 2.24) is 0 Å². The maximum Gasteiger partial charge on any atom is 0.341 e. The Morgan fingerprint density at radius 3 is 2.80 bits per heavy atom. The van der Waals surface area contributed by atoms with Gasteiger partial charge in [0.05, 0.1) is 12.2 Å². The van der Waals surface area contributed by atoms with Crippen molar-refractivity contribution >= 4 is 28.9 Å². The number of ether oxygens (including phenoxy) is 1. The zero-order chi connectivity index (χ0) is 14.5. The van der Waals surface area contributed by atoms with Gasteiger partial charge in [0.25, 0.3) is 5.91 Å². The van der Waals surface area contributed by atoms with Crippen molar-refractivity contribution in [2.24, 2.45) is 0 Å². The van der Waals surface area contributed by atoms with E-state index in [-0.39, 0.29) is 23.8 Å². The van der Waals surface area contributed by atoms with E-state index >= 15 is 0 Å². The number of hydrogen-bond acceptors (Lipinski definition) is 5. The number of esters is 1. The van der Waals surface area contributed by atoms with Gasteiger partial charge in [0.2, 0.25) is 0 Å². The van der Waals surface area contributed by atoms with Crippen LogP contribution in [0, 0.1) is 0 Å². The smallest absolute Gasteiger partial charge is 0.341 e. The van der Waals surface area contributed by atoms with Gasteiger partial charge in [-0.25, -0.2) is 4.79 Å². The summed E-state index contributed by atoms with van der Waals surface area (Å²) in [5, 5.41) is 15.8. The van der Waals surface area contributed by atoms with Crippen molar-refractivity contribution in [3.63, 3.8) is 0 Å². The molecule has 0 spiro atoms. The van der Waals surface area contributed by atoms with Crippen LogP contribution in [-0.4, -0.2) is 23.6 Å². The third-order valence-corrected chi connectivity index (χ3v) is 3.22. The zero-order valence-electron chi connectivity index (χ0n) is 10.8. The molecule has 0 aliphatic rings. The monoisotopic (exact) mass is 291 g/mol. The maximum absolute atomic E-state index is 11.9. The first-order valence-corrected chi connectivity index (χ1v) is 6.89. The van der Waals surface area contributed by atoms with Crippen LogP contribution in [0.25, 0.3) is 0 Å². The number of carbonyl (C=O) groups excluding carboxylic acids is 2. The molecule has 104 valence electrons. The van der Waals surface area contributed by atoms with Gasteiger partial charge in [-0.15, -0.1) is 0 Å². The minimum Gasteiger partial charge on any atom is -0.507 e. The van der Waals surface area contributed by atoms with Crippen molar-refractivity contribution < 1.29 is 19.4 Å². The molecule has 0 bridgehead atoms. The van der Waals surface area contributed by atoms with Gasteiger partial charge < -0.3 is 15.2 Å². The number of amides is 1. The Bertz CT molecular complexity index is 622. The quantitative estimate of drug-likeness (QED) is 0.671. The molecule has 0 radical (unpaired) electrons. The standard InChI is InChI=1S/C14H13NO4S/c1-2-19-14(18)11-7-10(3-4-12(11)16)15-13(17)9-5-6-20-8-9/h3-8,16H,2H2,1H3,(H,15,17). The highest BCUT2D eigenvalue weighted by Gasteiger charge is 2.14. The first-order valence-electron chi connectivity index (χ1n) is 5.95. The predicted molar refractivity (Wildman–Crippen MR) is 76.3 cm³/mol. The molecule has 0 atom stereocenters. The molecular formula is C14H13NO4S. The second kappa shape index (κ2) is 6.21. The molecule has 2 aromatic rings. The van der Waals surface area contributed by atoms with Gasteiger partial charge in [-0.3, -0.25) is 4.79 Å². The van der Waals surface area contributed by atoms with Crippen LogP contribution in [0.15, 0.2) is 35.0 Å². The Morgan fingerprint density at radius 1 is 1.35 bits per heavy atom. The average Bonchev–Trinajstić information content (AvgIpc) is 2.95. The fourth-order valence-electron chi connectivity index (χ4n) is 1.58. The lowest BCUT2D eigenvalue weighted by Gasteiger charge is -2.08. The van der Waals surface area contributed by atoms with Crippen molar-refractivity contribution in [3.05, 3.63) is 46.2 Å². The minimum atomic E-state index is -0.628. The molecule has 20 heavy (non-hydrogen) atoms. The number of nitrogens with one attached hydrogen (secondary N) is 1. The van der Waals surface area contributed by atoms with Gasteiger partial charge in [0, 0.05) is 11.1 Å². The molecule has 0 saturated carbocycles. The highest BCUT2D eigenvalue weighted by atomic mass is 32.1. The summed E-state index contributed by atoms with van der Waals surface area (Å²) in [4.78, 5) is 23.5. The molecule has 0 fully saturated rings. The van der Waals surface area contributed by atoms with E-state index in [1.807, 2.05) is 0 Å². The molecule has 0 aliphatic heterocycles. The molecule has 2 rings (SSSR count). The van der Waals surface area contributed by atoms with E-state index in [1.54, 1.807) is 23.8 Å². The summed E-state index contributed by atoms with van der Waals surface area (Å²) in [5.41, 5.74) is 0.984. The van der Waals surface area contributed by atoms with Crippen molar-refractivity contribution in [3.8, 4) is 5.75 Å². The van der Waals surface area contributed by atoms with Crippen molar-refractivity contribution in [1.29, 1.82) is 0 Å². The highest BCUT2D eigenvalue weighted by Crippen LogP contribution is 2.23. The topological polar surface area (TPSA) is 75.6 Å². The fraction of sp³-hybridized carbons (Fsp3) is 0.143. The predicted octanol–water partition coefficient (Wildman–Crippen LogP) is 2.88. The molecule has 6 heteroatoms. The number of rotatable bonds is 4. The molecule has 0 aliphatic carbocycles. The zero-order valence-corrected chi connectivity index (χ0v) is 11.6. The molecule has 5 nitrogen and oxygen atoms in total. The van der Waals surface area contributed by atoms with Crippen LogP contribution < -0.4 is 5.32 Å². The van der Waals surface area contributed by atoms with Crippen LogP contribution >= 0.6 is 11.3 Å². The summed E-state index contributed by atoms with van der Waals surface area (Å²) in [5.74, 6) is -1.08. The Hall–Kier alpha value is -2.34. The third kappa shape index (κ3) is 3.16. The number of benzene rings is 1. The highest BCUT2D eigenvalue weighted by molar-refractivity contribution is 7.08. The van der Waals surface area contributed by atoms with Crippen LogP contribution in [0.2, 0.25) is 0 Å². The van der Waals surface area contributed by atoms with Crippen LogP contribution in [-0.2, 0) is 4.74 Å². The van der Waals surface area contributed by atoms with E-state index in [4.69, 9.17) is 4.74 Å². The lowest BCUT2D eigenvalue weighted by Crippen LogP contribution is -2.12. The number of thiophene rings is 1. The van der Waals surface area contributed by atoms with Crippen LogP contribution in [0.4, 0.5) is 5.69 Å². The number of phenolic OH excluding ortho intramolecular Hbond substituents is 1. The van der Waals surface area contributed by atoms with Gasteiger partial charge in [0.15, 0.2) is 0 Å². The van der Waals surface area contributed by atoms with Crippen LogP contribution in [0.5, 0.6) is 5.75 Å². The van der Waals surface area contributed by atoms with Gasteiger partial charge in [0.1, 0.15) is 11.3 Å². The summed E-state index contributed by atoms with van der Waals surface area (Å²) in [6.07, 6.45) is 0. The molecule has 1 amide bonds. The fourth-order valence-corrected chi connectivity index (χ4v) is 2.22. The average molecular weight is 291 g/mol. The molecule has 0 unspecified atom stereocenters. The molecule has 1 aromatic heterocycles. The minimum absolute atomic E-state index is 0.0231. The van der Waals surface area contributed by atoms with Crippen LogP contribution in [0.1, 0.15) is 27.6 Å². The number of aromatic hydroxyl groups is 1. The van der Waals surface area contributed by atoms with E-state index in [0.717, 1.165) is 0 Å². The van der Waals surface area contributed by atoms with Crippen molar-refractivity contribution in [2.75, 3.05) is 11.9 Å². The SMILES string of the molecule is CCOC(=O)c1cc(NC(=O)c2ccsc2)ccc1O. The Kier molecular flexibility index (Phi) is 4.37. The van der Waals surface area contributed by atoms with Gasteiger partial charge in [-0.1, -0.05) is 0 Å². The Morgan fingerprint density at radius 2 is 2.15 bits per heavy atom. The lowest BCUT2D eigenvalue weighted by atomic mass is 10.1. The first kappa shape index (κ1) is 14.1. The third-order valence-electron chi connectivity index (χ3n) is 2.53. The summed E-state index contributed by atoms with van der Waals surface area (Å²) < 4.78 is 4.83. The summed E-state index contributed by atoms with van der Waals surface area (Å²) in [6, 6.07) is 5.95. The van der Waals surface area contributed by atoms with E-state index < -0.39 is 5.97 Å². The number of phenols is 1. The Balaban J connectivity index is 2.19. The van der Waals surface area contributed by atoms with Gasteiger partial charge in [-0.05, 0) is 36.6 Å². The second-order valence-electron chi connectivity index (χ2n) is 3.92. The van der Waals surface area contributed by atoms with E-state index in [0.29, 0.717) is 11.3 Å². The normalized spacial score (nSPS) is 10.1. The van der Waals surface area contributed by atoms with E-state index in [1.165, 1.54) is 29.5 Å². The largest absolute Gasteiger partial charge is 0.507 e. The number of hydrogen-bond donors (Lipinski definition) is 2. The van der Waals surface area contributed by atoms with Crippen LogP contribution in [0.3, 0.4) is 0 Å². The number of anilines is 1. The van der Waals surface area contributed by atoms with Crippen molar-refractivity contribution in [2.45, 2.75) is 6.92 Å². The van der Waals surface area contributed by atoms with Gasteiger partial charge >= 0.3 is 5.97 Å². The first-order chi connectivity index (χ1) is 9.61. The molecule has 2 N–H and O–H groups in total. The molecule has 1 heterocycles. The van der Waals surface area contributed by atoms with E-state index in [2.05, 4.69) is 5.32 Å². The second-order valence-corrected chi connectivity index (χ2v) is 4.70. The lowest BCUT2D eigenvalue weighted by molar-refractivity contribution is 0.0523. The molecular weight excluding hydrogens is 278 g/mol. The maximum atomic E-state index is 11.9. The van der Waals surface area contributed by atoms with E-state index in [9.17, 15) is 14.7 Å². The molecule has 1 aromatic carbocycles. The molecule has 0 saturated heterocycles. The summed E-state index contributed by atoms with van der Waals surface area (Å²) in [6.45, 7) is 1.89.